The maximum atomic E-state index is 12.6. The zero-order valence-electron chi connectivity index (χ0n) is 17.1. The fourth-order valence-electron chi connectivity index (χ4n) is 2.80. The van der Waals surface area contributed by atoms with Crippen molar-refractivity contribution in [1.29, 1.82) is 0 Å². The van der Waals surface area contributed by atoms with E-state index in [0.717, 1.165) is 5.56 Å². The number of carbonyl (C=O) groups excluding carboxylic acids is 1. The van der Waals surface area contributed by atoms with Crippen molar-refractivity contribution in [1.82, 2.24) is 0 Å². The van der Waals surface area contributed by atoms with Crippen LogP contribution in [0.4, 0.5) is 11.4 Å². The van der Waals surface area contributed by atoms with Gasteiger partial charge in [-0.25, -0.2) is 8.42 Å². The van der Waals surface area contributed by atoms with Gasteiger partial charge >= 0.3 is 0 Å². The second-order valence-corrected chi connectivity index (χ2v) is 9.00. The molecule has 1 amide bonds. The van der Waals surface area contributed by atoms with Crippen LogP contribution in [0.2, 0.25) is 5.02 Å². The van der Waals surface area contributed by atoms with Crippen molar-refractivity contribution in [3.05, 3.63) is 83.4 Å². The van der Waals surface area contributed by atoms with Crippen molar-refractivity contribution in [3.8, 4) is 5.75 Å². The third-order valence-electron chi connectivity index (χ3n) is 4.54. The Bertz CT molecular complexity index is 1150. The Labute approximate surface area is 187 Å². The number of carbonyl (C=O) groups is 1. The van der Waals surface area contributed by atoms with Gasteiger partial charge in [0.05, 0.1) is 10.6 Å². The Morgan fingerprint density at radius 2 is 1.65 bits per heavy atom. The molecule has 8 heteroatoms. The normalized spacial score (nSPS) is 12.1. The lowest BCUT2D eigenvalue weighted by Gasteiger charge is -2.17. The molecule has 2 N–H and O–H groups in total. The third kappa shape index (κ3) is 5.99. The molecule has 3 aromatic rings. The summed E-state index contributed by atoms with van der Waals surface area (Å²) in [5.74, 6) is 0.294. The molecule has 0 heterocycles. The number of hydrogen-bond acceptors (Lipinski definition) is 4. The van der Waals surface area contributed by atoms with Gasteiger partial charge in [0.15, 0.2) is 6.10 Å². The van der Waals surface area contributed by atoms with Crippen LogP contribution in [0, 0.1) is 6.92 Å². The topological polar surface area (TPSA) is 84.5 Å². The van der Waals surface area contributed by atoms with Crippen molar-refractivity contribution >= 4 is 38.9 Å². The zero-order valence-corrected chi connectivity index (χ0v) is 18.7. The van der Waals surface area contributed by atoms with Gasteiger partial charge in [-0.3, -0.25) is 9.52 Å². The van der Waals surface area contributed by atoms with E-state index in [-0.39, 0.29) is 10.8 Å². The van der Waals surface area contributed by atoms with Gasteiger partial charge in [0.2, 0.25) is 0 Å². The summed E-state index contributed by atoms with van der Waals surface area (Å²) in [5.41, 5.74) is 1.70. The van der Waals surface area contributed by atoms with Crippen LogP contribution in [0.5, 0.6) is 5.75 Å². The van der Waals surface area contributed by atoms with E-state index in [1.54, 1.807) is 30.3 Å². The van der Waals surface area contributed by atoms with Crippen molar-refractivity contribution in [2.24, 2.45) is 0 Å². The highest BCUT2D eigenvalue weighted by molar-refractivity contribution is 7.92. The third-order valence-corrected chi connectivity index (χ3v) is 6.35. The molecule has 1 atom stereocenters. The van der Waals surface area contributed by atoms with Crippen molar-refractivity contribution in [2.45, 2.75) is 31.3 Å². The Morgan fingerprint density at radius 3 is 2.26 bits per heavy atom. The fraction of sp³-hybridized carbons (Fsp3) is 0.174. The van der Waals surface area contributed by atoms with Gasteiger partial charge in [-0.2, -0.15) is 0 Å². The number of aryl methyl sites for hydroxylation is 1. The van der Waals surface area contributed by atoms with Crippen LogP contribution in [0.3, 0.4) is 0 Å². The van der Waals surface area contributed by atoms with Crippen LogP contribution in [0.1, 0.15) is 18.9 Å². The molecule has 0 saturated carbocycles. The summed E-state index contributed by atoms with van der Waals surface area (Å²) < 4.78 is 33.5. The number of sulfonamides is 1. The molecule has 0 aliphatic rings. The van der Waals surface area contributed by atoms with E-state index in [1.807, 2.05) is 32.0 Å². The average Bonchev–Trinajstić information content (AvgIpc) is 2.75. The molecule has 0 spiro atoms. The van der Waals surface area contributed by atoms with Crippen LogP contribution < -0.4 is 14.8 Å². The molecule has 0 aliphatic heterocycles. The molecule has 3 rings (SSSR count). The summed E-state index contributed by atoms with van der Waals surface area (Å²) in [6.07, 6.45) is -0.185. The molecule has 0 fully saturated rings. The van der Waals surface area contributed by atoms with E-state index in [4.69, 9.17) is 16.3 Å². The SMILES string of the molecule is CC[C@@H](Oc1ccccc1)C(=O)Nc1ccc(S(=O)(=O)Nc2ccc(C)c(Cl)c2)cc1. The highest BCUT2D eigenvalue weighted by atomic mass is 35.5. The van der Waals surface area contributed by atoms with Crippen LogP contribution >= 0.6 is 11.6 Å². The zero-order chi connectivity index (χ0) is 22.4. The minimum Gasteiger partial charge on any atom is -0.481 e. The minimum absolute atomic E-state index is 0.0646. The average molecular weight is 459 g/mol. The van der Waals surface area contributed by atoms with E-state index in [2.05, 4.69) is 10.0 Å². The monoisotopic (exact) mass is 458 g/mol. The maximum Gasteiger partial charge on any atom is 0.265 e. The number of benzene rings is 3. The summed E-state index contributed by atoms with van der Waals surface area (Å²) in [6.45, 7) is 3.69. The summed E-state index contributed by atoms with van der Waals surface area (Å²) in [4.78, 5) is 12.6. The first-order chi connectivity index (χ1) is 14.8. The molecule has 0 radical (unpaired) electrons. The summed E-state index contributed by atoms with van der Waals surface area (Å²) in [7, 11) is -3.80. The number of para-hydroxylation sites is 1. The minimum atomic E-state index is -3.80. The highest BCUT2D eigenvalue weighted by Gasteiger charge is 2.19. The van der Waals surface area contributed by atoms with Crippen LogP contribution in [0.25, 0.3) is 0 Å². The largest absolute Gasteiger partial charge is 0.481 e. The Morgan fingerprint density at radius 1 is 1.00 bits per heavy atom. The Hall–Kier alpha value is -3.03. The first-order valence-electron chi connectivity index (χ1n) is 9.70. The van der Waals surface area contributed by atoms with Crippen LogP contribution in [0.15, 0.2) is 77.7 Å². The van der Waals surface area contributed by atoms with Crippen molar-refractivity contribution in [2.75, 3.05) is 10.0 Å². The van der Waals surface area contributed by atoms with Crippen LogP contribution in [-0.4, -0.2) is 20.4 Å². The van der Waals surface area contributed by atoms with Gasteiger partial charge in [0.25, 0.3) is 15.9 Å². The summed E-state index contributed by atoms with van der Waals surface area (Å²) >= 11 is 6.06. The van der Waals surface area contributed by atoms with Crippen LogP contribution in [-0.2, 0) is 14.8 Å². The molecule has 162 valence electrons. The second kappa shape index (κ2) is 9.85. The van der Waals surface area contributed by atoms with Gasteiger partial charge in [-0.15, -0.1) is 0 Å². The van der Waals surface area contributed by atoms with E-state index in [9.17, 15) is 13.2 Å². The molecule has 31 heavy (non-hydrogen) atoms. The van der Waals surface area contributed by atoms with Gasteiger partial charge in [0, 0.05) is 10.7 Å². The molecule has 0 aromatic heterocycles. The van der Waals surface area contributed by atoms with Crippen molar-refractivity contribution in [3.63, 3.8) is 0 Å². The lowest BCUT2D eigenvalue weighted by atomic mass is 10.2. The van der Waals surface area contributed by atoms with Crippen molar-refractivity contribution < 1.29 is 17.9 Å². The fourth-order valence-corrected chi connectivity index (χ4v) is 4.03. The number of ether oxygens (including phenoxy) is 1. The van der Waals surface area contributed by atoms with E-state index < -0.39 is 16.1 Å². The standard InChI is InChI=1S/C23H23ClN2O4S/c1-3-22(30-19-7-5-4-6-8-19)23(27)25-17-11-13-20(14-12-17)31(28,29)26-18-10-9-16(2)21(24)15-18/h4-15,22,26H,3H2,1-2H3,(H,25,27)/t22-/m1/s1. The molecular formula is C23H23ClN2O4S. The molecule has 6 nitrogen and oxygen atoms in total. The first-order valence-corrected chi connectivity index (χ1v) is 11.6. The predicted octanol–water partition coefficient (Wildman–Crippen LogP) is 5.25. The Kier molecular flexibility index (Phi) is 7.20. The smallest absolute Gasteiger partial charge is 0.265 e. The number of rotatable bonds is 8. The lowest BCUT2D eigenvalue weighted by molar-refractivity contribution is -0.122. The van der Waals surface area contributed by atoms with E-state index >= 15 is 0 Å². The summed E-state index contributed by atoms with van der Waals surface area (Å²) in [6, 6.07) is 19.9. The Balaban J connectivity index is 1.67. The second-order valence-electron chi connectivity index (χ2n) is 6.91. The lowest BCUT2D eigenvalue weighted by Crippen LogP contribution is -2.32. The van der Waals surface area contributed by atoms with E-state index in [0.29, 0.717) is 28.6 Å². The maximum absolute atomic E-state index is 12.6. The first kappa shape index (κ1) is 22.7. The number of amides is 1. The summed E-state index contributed by atoms with van der Waals surface area (Å²) in [5, 5.41) is 3.23. The van der Waals surface area contributed by atoms with E-state index in [1.165, 1.54) is 24.3 Å². The van der Waals surface area contributed by atoms with Gasteiger partial charge < -0.3 is 10.1 Å². The van der Waals surface area contributed by atoms with Gasteiger partial charge in [0.1, 0.15) is 5.75 Å². The number of hydrogen-bond donors (Lipinski definition) is 2. The number of halogens is 1. The predicted molar refractivity (Wildman–Crippen MR) is 123 cm³/mol. The number of nitrogens with one attached hydrogen (secondary N) is 2. The molecule has 0 bridgehead atoms. The quantitative estimate of drug-likeness (QED) is 0.483. The molecule has 0 unspecified atom stereocenters. The highest BCUT2D eigenvalue weighted by Crippen LogP contribution is 2.23. The van der Waals surface area contributed by atoms with Gasteiger partial charge in [-0.1, -0.05) is 42.8 Å². The van der Waals surface area contributed by atoms with Gasteiger partial charge in [-0.05, 0) is 67.4 Å². The molecule has 0 aliphatic carbocycles. The molecule has 0 saturated heterocycles. The molecular weight excluding hydrogens is 436 g/mol. The number of anilines is 2. The molecule has 3 aromatic carbocycles.